The minimum Gasteiger partial charge on any atom is -0.395 e. The van der Waals surface area contributed by atoms with Crippen LogP contribution in [0.3, 0.4) is 0 Å². The molecule has 0 aromatic heterocycles. The Labute approximate surface area is 127 Å². The monoisotopic (exact) mass is 315 g/mol. The maximum atomic E-state index is 11.9. The fourth-order valence-electron chi connectivity index (χ4n) is 1.53. The smallest absolute Gasteiger partial charge is 0.273 e. The highest BCUT2D eigenvalue weighted by Crippen LogP contribution is 2.16. The molecule has 19 heavy (non-hydrogen) atoms. The number of hydrogen-bond donors (Lipinski definition) is 2. The van der Waals surface area contributed by atoms with E-state index in [-0.39, 0.29) is 24.3 Å². The van der Waals surface area contributed by atoms with Crippen LogP contribution < -0.4 is 5.32 Å². The van der Waals surface area contributed by atoms with E-state index in [2.05, 4.69) is 5.32 Å². The van der Waals surface area contributed by atoms with Crippen molar-refractivity contribution >= 4 is 45.2 Å². The van der Waals surface area contributed by atoms with Gasteiger partial charge in [-0.05, 0) is 6.92 Å². The second kappa shape index (κ2) is 8.47. The highest BCUT2D eigenvalue weighted by atomic mass is 32.3. The molecule has 0 heterocycles. The molecule has 1 amide bonds. The summed E-state index contributed by atoms with van der Waals surface area (Å²) in [5.74, 6) is 0.581. The summed E-state index contributed by atoms with van der Waals surface area (Å²) in [6.45, 7) is 2.02. The number of thiocarbonyl (C=S) groups is 1. The first-order valence-electron chi connectivity index (χ1n) is 5.89. The van der Waals surface area contributed by atoms with Crippen molar-refractivity contribution in [3.63, 3.8) is 0 Å². The van der Waals surface area contributed by atoms with Crippen molar-refractivity contribution in [2.45, 2.75) is 17.9 Å². The van der Waals surface area contributed by atoms with E-state index in [1.807, 2.05) is 37.3 Å². The predicted molar refractivity (Wildman–Crippen MR) is 87.0 cm³/mol. The molecule has 104 valence electrons. The third-order valence-corrected chi connectivity index (χ3v) is 6.01. The summed E-state index contributed by atoms with van der Waals surface area (Å²) in [5.41, 5.74) is 1.12. The van der Waals surface area contributed by atoms with Crippen LogP contribution in [-0.2, 0) is 34.1 Å². The molecule has 1 aromatic carbocycles. The van der Waals surface area contributed by atoms with Crippen molar-refractivity contribution in [3.05, 3.63) is 35.9 Å². The second-order valence-corrected chi connectivity index (χ2v) is 7.82. The summed E-state index contributed by atoms with van der Waals surface area (Å²) in [7, 11) is -0.453. The van der Waals surface area contributed by atoms with Gasteiger partial charge in [-0.3, -0.25) is 4.79 Å². The molecule has 2 unspecified atom stereocenters. The fraction of sp³-hybridized carbons (Fsp3) is 0.385. The van der Waals surface area contributed by atoms with Gasteiger partial charge in [0.05, 0.1) is 10.1 Å². The summed E-state index contributed by atoms with van der Waals surface area (Å²) in [5, 5.41) is 11.1. The third kappa shape index (κ3) is 5.44. The first-order chi connectivity index (χ1) is 9.06. The lowest BCUT2D eigenvalue weighted by atomic mass is 10.2. The van der Waals surface area contributed by atoms with E-state index in [1.54, 1.807) is 0 Å². The number of aliphatic hydroxyl groups excluding tert-OH is 1. The molecular weight excluding hydrogens is 298 g/mol. The Morgan fingerprint density at radius 3 is 2.63 bits per heavy atom. The molecule has 2 atom stereocenters. The number of amides is 1. The van der Waals surface area contributed by atoms with Gasteiger partial charge in [0.2, 0.25) is 0 Å². The van der Waals surface area contributed by atoms with Crippen LogP contribution in [0.4, 0.5) is 0 Å². The van der Waals surface area contributed by atoms with E-state index < -0.39 is 10.9 Å². The van der Waals surface area contributed by atoms with E-state index in [9.17, 15) is 4.79 Å². The molecule has 3 nitrogen and oxygen atoms in total. The summed E-state index contributed by atoms with van der Waals surface area (Å²) in [4.78, 5) is 11.9. The van der Waals surface area contributed by atoms with Crippen molar-refractivity contribution in [2.24, 2.45) is 0 Å². The quantitative estimate of drug-likeness (QED) is 0.469. The van der Waals surface area contributed by atoms with Gasteiger partial charge in [0.15, 0.2) is 5.25 Å². The van der Waals surface area contributed by atoms with Gasteiger partial charge in [-0.15, -0.1) is 0 Å². The molecule has 0 aliphatic rings. The van der Waals surface area contributed by atoms with E-state index in [0.29, 0.717) is 9.28 Å². The Kier molecular flexibility index (Phi) is 7.30. The molecule has 0 spiro atoms. The molecule has 0 fully saturated rings. The van der Waals surface area contributed by atoms with Gasteiger partial charge < -0.3 is 35.3 Å². The molecule has 1 aromatic rings. The first-order valence-corrected chi connectivity index (χ1v) is 8.16. The standard InChI is InChI=1S/C13H17NO2S3/c1-10(12(16)14-7-8-15)19(13(17)18)9-11-5-3-2-4-6-11/h2-6,10,15H,7-9H2,1H3,(H-,14,16,17,18). The number of carbonyl (C=O) groups excluding carboxylic acids is 1. The third-order valence-electron chi connectivity index (χ3n) is 2.59. The maximum absolute atomic E-state index is 11.9. The van der Waals surface area contributed by atoms with Crippen LogP contribution in [0.2, 0.25) is 0 Å². The van der Waals surface area contributed by atoms with Crippen molar-refractivity contribution in [2.75, 3.05) is 13.2 Å². The Hall–Kier alpha value is -0.690. The van der Waals surface area contributed by atoms with Gasteiger partial charge in [0, 0.05) is 23.0 Å². The summed E-state index contributed by atoms with van der Waals surface area (Å²) < 4.78 is 0.454. The predicted octanol–water partition coefficient (Wildman–Crippen LogP) is 1.13. The Bertz CT molecular complexity index is 425. The van der Waals surface area contributed by atoms with Crippen LogP contribution in [-0.4, -0.2) is 32.9 Å². The number of rotatable bonds is 6. The van der Waals surface area contributed by atoms with Crippen molar-refractivity contribution in [3.8, 4) is 0 Å². The average Bonchev–Trinajstić information content (AvgIpc) is 2.42. The van der Waals surface area contributed by atoms with Crippen molar-refractivity contribution < 1.29 is 9.90 Å². The number of hydrogen-bond acceptors (Lipinski definition) is 4. The van der Waals surface area contributed by atoms with Gasteiger partial charge in [-0.25, -0.2) is 0 Å². The lowest BCUT2D eigenvalue weighted by molar-refractivity contribution is -0.120. The highest BCUT2D eigenvalue weighted by Gasteiger charge is 2.32. The minimum atomic E-state index is -0.453. The first kappa shape index (κ1) is 16.4. The topological polar surface area (TPSA) is 49.3 Å². The number of carbonyl (C=O) groups is 1. The minimum absolute atomic E-state index is 0.0662. The van der Waals surface area contributed by atoms with Crippen LogP contribution in [0.15, 0.2) is 30.3 Å². The van der Waals surface area contributed by atoms with Gasteiger partial charge in [0.1, 0.15) is 5.75 Å². The van der Waals surface area contributed by atoms with Crippen LogP contribution in [0.1, 0.15) is 12.5 Å². The molecule has 2 N–H and O–H groups in total. The molecule has 0 saturated heterocycles. The molecule has 0 aliphatic carbocycles. The Morgan fingerprint density at radius 2 is 2.11 bits per heavy atom. The number of benzene rings is 1. The summed E-state index contributed by atoms with van der Waals surface area (Å²) in [6, 6.07) is 9.88. The molecular formula is C13H17NO2S3. The van der Waals surface area contributed by atoms with Gasteiger partial charge in [0.25, 0.3) is 5.91 Å². The van der Waals surface area contributed by atoms with Crippen LogP contribution in [0.5, 0.6) is 0 Å². The molecule has 6 heteroatoms. The van der Waals surface area contributed by atoms with Gasteiger partial charge in [-0.2, -0.15) is 0 Å². The zero-order chi connectivity index (χ0) is 14.3. The van der Waals surface area contributed by atoms with E-state index in [4.69, 9.17) is 30.0 Å². The van der Waals surface area contributed by atoms with E-state index >= 15 is 0 Å². The number of nitrogens with one attached hydrogen (secondary N) is 1. The highest BCUT2D eigenvalue weighted by molar-refractivity contribution is 8.35. The largest absolute Gasteiger partial charge is 0.395 e. The molecule has 0 aliphatic heterocycles. The van der Waals surface area contributed by atoms with Crippen LogP contribution in [0, 0.1) is 0 Å². The zero-order valence-electron chi connectivity index (χ0n) is 10.7. The molecule has 0 radical (unpaired) electrons. The van der Waals surface area contributed by atoms with E-state index in [0.717, 1.165) is 5.56 Å². The molecule has 0 saturated carbocycles. The second-order valence-electron chi connectivity index (χ2n) is 3.97. The van der Waals surface area contributed by atoms with Gasteiger partial charge >= 0.3 is 0 Å². The summed E-state index contributed by atoms with van der Waals surface area (Å²) >= 11 is 10.2. The van der Waals surface area contributed by atoms with Crippen molar-refractivity contribution in [1.82, 2.24) is 5.32 Å². The molecule has 1 rings (SSSR count). The Morgan fingerprint density at radius 1 is 1.47 bits per heavy atom. The Balaban J connectivity index is 2.72. The van der Waals surface area contributed by atoms with E-state index in [1.165, 1.54) is 0 Å². The zero-order valence-corrected chi connectivity index (χ0v) is 13.1. The number of aliphatic hydroxyl groups is 1. The van der Waals surface area contributed by atoms with Crippen LogP contribution >= 0.6 is 12.2 Å². The van der Waals surface area contributed by atoms with Crippen LogP contribution in [0.25, 0.3) is 0 Å². The summed E-state index contributed by atoms with van der Waals surface area (Å²) in [6.07, 6.45) is 0. The maximum Gasteiger partial charge on any atom is 0.273 e. The lowest BCUT2D eigenvalue weighted by Gasteiger charge is -2.17. The lowest BCUT2D eigenvalue weighted by Crippen LogP contribution is -2.41. The SMILES string of the molecule is CC(C(=O)NCCO)[S+](Cc1ccccc1)C(=S)[S-]. The fourth-order valence-corrected chi connectivity index (χ4v) is 4.30. The average molecular weight is 315 g/mol. The van der Waals surface area contributed by atoms with Crippen molar-refractivity contribution in [1.29, 1.82) is 0 Å². The normalized spacial score (nSPS) is 13.6. The molecule has 0 bridgehead atoms. The van der Waals surface area contributed by atoms with Gasteiger partial charge in [-0.1, -0.05) is 30.3 Å².